The molecule has 0 radical (unpaired) electrons. The molecule has 0 amide bonds. The van der Waals surface area contributed by atoms with Crippen LogP contribution in [-0.2, 0) is 12.1 Å². The molecule has 1 atom stereocenters. The summed E-state index contributed by atoms with van der Waals surface area (Å²) in [6, 6.07) is 17.2. The number of hydrogen-bond donors (Lipinski definition) is 1. The van der Waals surface area contributed by atoms with E-state index in [0.29, 0.717) is 6.54 Å². The van der Waals surface area contributed by atoms with Gasteiger partial charge in [0, 0.05) is 0 Å². The summed E-state index contributed by atoms with van der Waals surface area (Å²) in [6.45, 7) is 6.37. The van der Waals surface area contributed by atoms with Crippen molar-refractivity contribution in [1.82, 2.24) is 14.8 Å². The van der Waals surface area contributed by atoms with Gasteiger partial charge in [0.2, 0.25) is 0 Å². The van der Waals surface area contributed by atoms with Gasteiger partial charge in [-0.2, -0.15) is 5.10 Å². The van der Waals surface area contributed by atoms with Crippen LogP contribution in [-0.4, -0.2) is 19.9 Å². The predicted molar refractivity (Wildman–Crippen MR) is 96.3 cm³/mol. The zero-order valence-electron chi connectivity index (χ0n) is 14.8. The van der Waals surface area contributed by atoms with Crippen molar-refractivity contribution >= 4 is 0 Å². The van der Waals surface area contributed by atoms with Gasteiger partial charge in [0.05, 0.1) is 6.54 Å². The number of benzene rings is 2. The SMILES string of the molecule is CC(C)(C)C(O)(Cn1cncn1)c1ccc(Oc2ccccc2)cc1. The van der Waals surface area contributed by atoms with Gasteiger partial charge in [-0.15, -0.1) is 0 Å². The molecule has 130 valence electrons. The van der Waals surface area contributed by atoms with E-state index < -0.39 is 5.60 Å². The monoisotopic (exact) mass is 337 g/mol. The van der Waals surface area contributed by atoms with Gasteiger partial charge in [-0.3, -0.25) is 0 Å². The molecule has 2 aromatic carbocycles. The lowest BCUT2D eigenvalue weighted by Crippen LogP contribution is -2.43. The fourth-order valence-corrected chi connectivity index (χ4v) is 2.73. The van der Waals surface area contributed by atoms with Crippen LogP contribution in [0.2, 0.25) is 0 Å². The Morgan fingerprint density at radius 3 is 2.16 bits per heavy atom. The minimum atomic E-state index is -1.09. The summed E-state index contributed by atoms with van der Waals surface area (Å²) in [5.74, 6) is 1.51. The number of para-hydroxylation sites is 1. The molecule has 3 aromatic rings. The molecule has 1 heterocycles. The van der Waals surface area contributed by atoms with Crippen molar-refractivity contribution in [2.24, 2.45) is 5.41 Å². The molecule has 0 fully saturated rings. The van der Waals surface area contributed by atoms with Crippen LogP contribution in [0, 0.1) is 5.41 Å². The van der Waals surface area contributed by atoms with Crippen molar-refractivity contribution in [2.45, 2.75) is 32.9 Å². The molecule has 0 saturated carbocycles. The van der Waals surface area contributed by atoms with Gasteiger partial charge >= 0.3 is 0 Å². The number of hydrogen-bond acceptors (Lipinski definition) is 4. The molecule has 25 heavy (non-hydrogen) atoms. The van der Waals surface area contributed by atoms with Gasteiger partial charge in [-0.1, -0.05) is 51.1 Å². The van der Waals surface area contributed by atoms with Crippen LogP contribution < -0.4 is 4.74 Å². The number of aromatic nitrogens is 3. The van der Waals surface area contributed by atoms with Crippen LogP contribution in [0.5, 0.6) is 11.5 Å². The second-order valence-electron chi connectivity index (χ2n) is 7.14. The Bertz CT molecular complexity index is 793. The van der Waals surface area contributed by atoms with Gasteiger partial charge in [0.1, 0.15) is 29.8 Å². The number of nitrogens with zero attached hydrogens (tertiary/aromatic N) is 3. The fraction of sp³-hybridized carbons (Fsp3) is 0.300. The summed E-state index contributed by atoms with van der Waals surface area (Å²) in [5, 5.41) is 15.6. The third-order valence-corrected chi connectivity index (χ3v) is 4.41. The van der Waals surface area contributed by atoms with E-state index in [-0.39, 0.29) is 5.41 Å². The topological polar surface area (TPSA) is 60.2 Å². The first-order chi connectivity index (χ1) is 11.9. The Kier molecular flexibility index (Phi) is 4.59. The maximum absolute atomic E-state index is 11.4. The van der Waals surface area contributed by atoms with Crippen molar-refractivity contribution in [3.63, 3.8) is 0 Å². The van der Waals surface area contributed by atoms with E-state index in [4.69, 9.17) is 4.74 Å². The first-order valence-corrected chi connectivity index (χ1v) is 8.27. The molecule has 3 rings (SSSR count). The zero-order chi connectivity index (χ0) is 17.9. The second-order valence-corrected chi connectivity index (χ2v) is 7.14. The Hall–Kier alpha value is -2.66. The van der Waals surface area contributed by atoms with E-state index in [2.05, 4.69) is 10.1 Å². The summed E-state index contributed by atoms with van der Waals surface area (Å²) in [7, 11) is 0. The van der Waals surface area contributed by atoms with Crippen molar-refractivity contribution in [2.75, 3.05) is 0 Å². The average Bonchev–Trinajstić information content (AvgIpc) is 3.08. The molecular weight excluding hydrogens is 314 g/mol. The van der Waals surface area contributed by atoms with E-state index in [1.54, 1.807) is 11.0 Å². The third-order valence-electron chi connectivity index (χ3n) is 4.41. The summed E-state index contributed by atoms with van der Waals surface area (Å²) in [6.07, 6.45) is 3.09. The zero-order valence-corrected chi connectivity index (χ0v) is 14.8. The van der Waals surface area contributed by atoms with E-state index in [9.17, 15) is 5.11 Å². The van der Waals surface area contributed by atoms with E-state index in [1.165, 1.54) is 6.33 Å². The molecule has 5 nitrogen and oxygen atoms in total. The van der Waals surface area contributed by atoms with Crippen molar-refractivity contribution in [3.05, 3.63) is 72.8 Å². The largest absolute Gasteiger partial charge is 0.457 e. The number of ether oxygens (including phenoxy) is 1. The fourth-order valence-electron chi connectivity index (χ4n) is 2.73. The van der Waals surface area contributed by atoms with E-state index >= 15 is 0 Å². The molecule has 0 saturated heterocycles. The molecule has 0 spiro atoms. The summed E-state index contributed by atoms with van der Waals surface area (Å²) < 4.78 is 7.48. The lowest BCUT2D eigenvalue weighted by Gasteiger charge is -2.40. The minimum Gasteiger partial charge on any atom is -0.457 e. The highest BCUT2D eigenvalue weighted by atomic mass is 16.5. The normalized spacial score (nSPS) is 14.1. The first kappa shape index (κ1) is 17.2. The highest BCUT2D eigenvalue weighted by Gasteiger charge is 2.42. The molecule has 0 bridgehead atoms. The summed E-state index contributed by atoms with van der Waals surface area (Å²) in [5.41, 5.74) is -0.664. The van der Waals surface area contributed by atoms with Crippen LogP contribution in [0.4, 0.5) is 0 Å². The van der Waals surface area contributed by atoms with Gasteiger partial charge < -0.3 is 9.84 Å². The van der Waals surface area contributed by atoms with Crippen molar-refractivity contribution < 1.29 is 9.84 Å². The van der Waals surface area contributed by atoms with Crippen LogP contribution in [0.15, 0.2) is 67.3 Å². The average molecular weight is 337 g/mol. The van der Waals surface area contributed by atoms with Crippen molar-refractivity contribution in [3.8, 4) is 11.5 Å². The maximum Gasteiger partial charge on any atom is 0.137 e. The molecule has 0 aliphatic carbocycles. The second kappa shape index (κ2) is 6.69. The molecular formula is C20H23N3O2. The molecule has 0 aliphatic heterocycles. The summed E-state index contributed by atoms with van der Waals surface area (Å²) in [4.78, 5) is 3.96. The molecule has 5 heteroatoms. The number of rotatable bonds is 5. The van der Waals surface area contributed by atoms with Gasteiger partial charge in [0.25, 0.3) is 0 Å². The van der Waals surface area contributed by atoms with E-state index in [0.717, 1.165) is 17.1 Å². The van der Waals surface area contributed by atoms with E-state index in [1.807, 2.05) is 75.4 Å². The van der Waals surface area contributed by atoms with Crippen LogP contribution in [0.3, 0.4) is 0 Å². The van der Waals surface area contributed by atoms with Crippen LogP contribution in [0.25, 0.3) is 0 Å². The first-order valence-electron chi connectivity index (χ1n) is 8.27. The maximum atomic E-state index is 11.4. The Morgan fingerprint density at radius 2 is 1.60 bits per heavy atom. The van der Waals surface area contributed by atoms with Gasteiger partial charge in [-0.05, 0) is 35.2 Å². The smallest absolute Gasteiger partial charge is 0.137 e. The van der Waals surface area contributed by atoms with Crippen LogP contribution in [0.1, 0.15) is 26.3 Å². The molecule has 1 unspecified atom stereocenters. The highest BCUT2D eigenvalue weighted by Crippen LogP contribution is 2.41. The quantitative estimate of drug-likeness (QED) is 0.764. The Morgan fingerprint density at radius 1 is 0.960 bits per heavy atom. The lowest BCUT2D eigenvalue weighted by atomic mass is 9.72. The minimum absolute atomic E-state index is 0.329. The number of aliphatic hydroxyl groups is 1. The lowest BCUT2D eigenvalue weighted by molar-refractivity contribution is -0.0804. The van der Waals surface area contributed by atoms with Crippen molar-refractivity contribution in [1.29, 1.82) is 0 Å². The Balaban J connectivity index is 1.86. The van der Waals surface area contributed by atoms with Gasteiger partial charge in [0.15, 0.2) is 0 Å². The Labute approximate surface area is 147 Å². The molecule has 1 aromatic heterocycles. The standard InChI is InChI=1S/C20H23N3O2/c1-19(2,3)20(24,13-23-15-21-14-22-23)16-9-11-18(12-10-16)25-17-7-5-4-6-8-17/h4-12,14-15,24H,13H2,1-3H3. The summed E-state index contributed by atoms with van der Waals surface area (Å²) >= 11 is 0. The highest BCUT2D eigenvalue weighted by molar-refractivity contribution is 5.35. The predicted octanol–water partition coefficient (Wildman–Crippen LogP) is 4.00. The third kappa shape index (κ3) is 3.72. The molecule has 1 N–H and O–H groups in total. The molecule has 0 aliphatic rings. The van der Waals surface area contributed by atoms with Gasteiger partial charge in [-0.25, -0.2) is 9.67 Å². The van der Waals surface area contributed by atoms with Crippen LogP contribution >= 0.6 is 0 Å².